The predicted octanol–water partition coefficient (Wildman–Crippen LogP) is 3.07. The minimum atomic E-state index is 0.0437. The fourth-order valence-corrected chi connectivity index (χ4v) is 4.92. The smallest absolute Gasteiger partial charge is 0.277 e. The maximum atomic E-state index is 12.2. The number of rotatable bonds is 8. The molecular formula is C20H25N3O4S. The highest BCUT2D eigenvalue weighted by Gasteiger charge is 2.40. The van der Waals surface area contributed by atoms with Gasteiger partial charge in [0.15, 0.2) is 11.5 Å². The second-order valence-electron chi connectivity index (χ2n) is 7.47. The quantitative estimate of drug-likeness (QED) is 0.678. The zero-order valence-electron chi connectivity index (χ0n) is 16.1. The summed E-state index contributed by atoms with van der Waals surface area (Å²) in [6.45, 7) is 0. The average molecular weight is 404 g/mol. The Bertz CT molecular complexity index is 841. The van der Waals surface area contributed by atoms with Crippen LogP contribution in [0.4, 0.5) is 0 Å². The lowest BCUT2D eigenvalue weighted by Gasteiger charge is -2.22. The average Bonchev–Trinajstić information content (AvgIpc) is 3.43. The van der Waals surface area contributed by atoms with Crippen LogP contribution in [0.25, 0.3) is 0 Å². The Morgan fingerprint density at radius 1 is 1.21 bits per heavy atom. The number of carbonyl (C=O) groups is 1. The maximum Gasteiger partial charge on any atom is 0.277 e. The number of fused-ring (bicyclic) bond motifs is 2. The van der Waals surface area contributed by atoms with Crippen molar-refractivity contribution in [2.24, 2.45) is 11.8 Å². The molecule has 0 saturated heterocycles. The maximum absolute atomic E-state index is 12.2. The third kappa shape index (κ3) is 4.27. The van der Waals surface area contributed by atoms with Gasteiger partial charge in [0, 0.05) is 6.04 Å². The molecule has 150 valence electrons. The molecule has 1 N–H and O–H groups in total. The highest BCUT2D eigenvalue weighted by atomic mass is 32.2. The van der Waals surface area contributed by atoms with E-state index in [0.29, 0.717) is 46.7 Å². The van der Waals surface area contributed by atoms with Gasteiger partial charge >= 0.3 is 0 Å². The third-order valence-electron chi connectivity index (χ3n) is 5.66. The van der Waals surface area contributed by atoms with Crippen LogP contribution < -0.4 is 14.8 Å². The summed E-state index contributed by atoms with van der Waals surface area (Å²) in [7, 11) is 3.21. The summed E-state index contributed by atoms with van der Waals surface area (Å²) < 4.78 is 16.2. The minimum Gasteiger partial charge on any atom is -0.493 e. The minimum absolute atomic E-state index is 0.0437. The van der Waals surface area contributed by atoms with Crippen LogP contribution >= 0.6 is 11.8 Å². The molecule has 0 radical (unpaired) electrons. The van der Waals surface area contributed by atoms with Crippen LogP contribution in [0, 0.1) is 11.8 Å². The van der Waals surface area contributed by atoms with Gasteiger partial charge in [0.25, 0.3) is 5.22 Å². The first-order valence-electron chi connectivity index (χ1n) is 9.60. The number of amides is 1. The van der Waals surface area contributed by atoms with Gasteiger partial charge in [-0.05, 0) is 48.8 Å². The fourth-order valence-electron chi connectivity index (χ4n) is 4.33. The van der Waals surface area contributed by atoms with Gasteiger partial charge in [-0.2, -0.15) is 0 Å². The van der Waals surface area contributed by atoms with E-state index >= 15 is 0 Å². The largest absolute Gasteiger partial charge is 0.493 e. The summed E-state index contributed by atoms with van der Waals surface area (Å²) in [6.07, 6.45) is 5.49. The molecule has 2 saturated carbocycles. The molecule has 2 bridgehead atoms. The Hall–Kier alpha value is -2.22. The van der Waals surface area contributed by atoms with Crippen LogP contribution in [0.2, 0.25) is 0 Å². The molecule has 8 heteroatoms. The Morgan fingerprint density at radius 2 is 2.07 bits per heavy atom. The molecule has 2 aliphatic rings. The van der Waals surface area contributed by atoms with Crippen molar-refractivity contribution in [1.82, 2.24) is 15.5 Å². The Morgan fingerprint density at radius 3 is 2.79 bits per heavy atom. The number of ether oxygens (including phenoxy) is 2. The van der Waals surface area contributed by atoms with Crippen molar-refractivity contribution in [3.8, 4) is 11.5 Å². The number of benzene rings is 1. The van der Waals surface area contributed by atoms with Gasteiger partial charge in [0.1, 0.15) is 0 Å². The molecule has 1 aromatic heterocycles. The number of methoxy groups -OCH3 is 2. The van der Waals surface area contributed by atoms with E-state index in [2.05, 4.69) is 15.5 Å². The molecule has 0 spiro atoms. The number of nitrogens with one attached hydrogen (secondary N) is 1. The number of hydrogen-bond donors (Lipinski definition) is 1. The molecule has 1 heterocycles. The molecule has 28 heavy (non-hydrogen) atoms. The second-order valence-corrected chi connectivity index (χ2v) is 8.39. The van der Waals surface area contributed by atoms with Gasteiger partial charge in [-0.15, -0.1) is 10.2 Å². The van der Waals surface area contributed by atoms with Gasteiger partial charge in [-0.1, -0.05) is 24.2 Å². The lowest BCUT2D eigenvalue weighted by atomic mass is 9.95. The van der Waals surface area contributed by atoms with E-state index < -0.39 is 0 Å². The zero-order valence-corrected chi connectivity index (χ0v) is 17.0. The van der Waals surface area contributed by atoms with Gasteiger partial charge in [0.2, 0.25) is 11.8 Å². The van der Waals surface area contributed by atoms with Crippen molar-refractivity contribution in [1.29, 1.82) is 0 Å². The molecule has 0 aliphatic heterocycles. The summed E-state index contributed by atoms with van der Waals surface area (Å²) >= 11 is 1.28. The van der Waals surface area contributed by atoms with Gasteiger partial charge in [-0.3, -0.25) is 4.79 Å². The van der Waals surface area contributed by atoms with Crippen molar-refractivity contribution in [2.75, 3.05) is 20.0 Å². The lowest BCUT2D eigenvalue weighted by Crippen LogP contribution is -2.39. The van der Waals surface area contributed by atoms with E-state index in [9.17, 15) is 4.79 Å². The first-order valence-corrected chi connectivity index (χ1v) is 10.6. The molecule has 2 fully saturated rings. The standard InChI is InChI=1S/C20H25N3O4S/c1-25-16-6-4-13(9-17(16)26-2)10-19-22-23-20(27-19)28-11-18(24)21-15-8-12-3-5-14(15)7-12/h4,6,9,12,14-15H,3,5,7-8,10-11H2,1-2H3,(H,21,24)/t12-,14-,15+/m0/s1. The first-order chi connectivity index (χ1) is 13.6. The molecule has 4 rings (SSSR count). The lowest BCUT2D eigenvalue weighted by molar-refractivity contribution is -0.119. The van der Waals surface area contributed by atoms with E-state index in [1.54, 1.807) is 14.2 Å². The van der Waals surface area contributed by atoms with Crippen LogP contribution in [0.1, 0.15) is 37.1 Å². The van der Waals surface area contributed by atoms with Gasteiger partial charge in [-0.25, -0.2) is 0 Å². The molecule has 1 aromatic carbocycles. The Kier molecular flexibility index (Phi) is 5.75. The van der Waals surface area contributed by atoms with E-state index in [1.807, 2.05) is 18.2 Å². The molecular weight excluding hydrogens is 378 g/mol. The molecule has 0 unspecified atom stereocenters. The van der Waals surface area contributed by atoms with Crippen LogP contribution in [-0.4, -0.2) is 42.1 Å². The predicted molar refractivity (Wildman–Crippen MR) is 105 cm³/mol. The Labute approximate surface area is 168 Å². The summed E-state index contributed by atoms with van der Waals surface area (Å²) in [6, 6.07) is 6.02. The van der Waals surface area contributed by atoms with Crippen LogP contribution in [0.3, 0.4) is 0 Å². The number of carbonyl (C=O) groups excluding carboxylic acids is 1. The summed E-state index contributed by atoms with van der Waals surface area (Å²) in [5.74, 6) is 3.67. The second kappa shape index (κ2) is 8.43. The number of thioether (sulfide) groups is 1. The molecule has 2 aromatic rings. The number of hydrogen-bond acceptors (Lipinski definition) is 7. The number of nitrogens with zero attached hydrogens (tertiary/aromatic N) is 2. The molecule has 7 nitrogen and oxygen atoms in total. The Balaban J connectivity index is 1.28. The van der Waals surface area contributed by atoms with Gasteiger partial charge in [0.05, 0.1) is 26.4 Å². The van der Waals surface area contributed by atoms with Crippen molar-refractivity contribution < 1.29 is 18.7 Å². The first kappa shape index (κ1) is 19.1. The SMILES string of the molecule is COc1ccc(Cc2nnc(SCC(=O)N[C@@H]3C[C@H]4CC[C@H]3C4)o2)cc1OC. The fraction of sp³-hybridized carbons (Fsp3) is 0.550. The summed E-state index contributed by atoms with van der Waals surface area (Å²) in [5, 5.41) is 11.7. The van der Waals surface area contributed by atoms with Crippen molar-refractivity contribution in [3.05, 3.63) is 29.7 Å². The third-order valence-corrected chi connectivity index (χ3v) is 6.48. The van der Waals surface area contributed by atoms with Crippen molar-refractivity contribution >= 4 is 17.7 Å². The van der Waals surface area contributed by atoms with E-state index in [-0.39, 0.29) is 5.91 Å². The summed E-state index contributed by atoms with van der Waals surface area (Å²) in [5.41, 5.74) is 0.979. The highest BCUT2D eigenvalue weighted by molar-refractivity contribution is 7.99. The van der Waals surface area contributed by atoms with E-state index in [0.717, 1.165) is 17.9 Å². The zero-order chi connectivity index (χ0) is 19.5. The molecule has 3 atom stereocenters. The van der Waals surface area contributed by atoms with Crippen LogP contribution in [-0.2, 0) is 11.2 Å². The highest BCUT2D eigenvalue weighted by Crippen LogP contribution is 2.44. The monoisotopic (exact) mass is 403 g/mol. The van der Waals surface area contributed by atoms with Crippen molar-refractivity contribution in [2.45, 2.75) is 43.4 Å². The van der Waals surface area contributed by atoms with Crippen molar-refractivity contribution in [3.63, 3.8) is 0 Å². The van der Waals surface area contributed by atoms with Crippen LogP contribution in [0.5, 0.6) is 11.5 Å². The number of aromatic nitrogens is 2. The molecule has 1 amide bonds. The van der Waals surface area contributed by atoms with E-state index in [1.165, 1.54) is 31.0 Å². The summed E-state index contributed by atoms with van der Waals surface area (Å²) in [4.78, 5) is 12.2. The van der Waals surface area contributed by atoms with E-state index in [4.69, 9.17) is 13.9 Å². The topological polar surface area (TPSA) is 86.5 Å². The van der Waals surface area contributed by atoms with Gasteiger partial charge < -0.3 is 19.2 Å². The van der Waals surface area contributed by atoms with Crippen LogP contribution in [0.15, 0.2) is 27.8 Å². The normalized spacial score (nSPS) is 23.0. The molecule has 2 aliphatic carbocycles.